The van der Waals surface area contributed by atoms with Crippen molar-refractivity contribution in [2.75, 3.05) is 0 Å². The van der Waals surface area contributed by atoms with Crippen LogP contribution in [0.5, 0.6) is 0 Å². The van der Waals surface area contributed by atoms with E-state index in [4.69, 9.17) is 0 Å². The first-order valence-electron chi connectivity index (χ1n) is 5.48. The average Bonchev–Trinajstić information content (AvgIpc) is 2.27. The molecule has 0 bridgehead atoms. The number of benzene rings is 1. The lowest BCUT2D eigenvalue weighted by Crippen LogP contribution is -2.19. The minimum Gasteiger partial charge on any atom is -0.311 e. The molecule has 0 saturated heterocycles. The Morgan fingerprint density at radius 1 is 1.18 bits per heavy atom. The quantitative estimate of drug-likeness (QED) is 0.778. The van der Waals surface area contributed by atoms with E-state index in [9.17, 15) is 9.18 Å². The molecule has 2 rings (SSSR count). The Morgan fingerprint density at radius 3 is 2.65 bits per heavy atom. The molecule has 0 spiro atoms. The standard InChI is InChI=1S/C14H14FNO/c1-10-5-6-16(14(17)7-10)9-12-8-13(15)4-3-11(12)2/h3-8H,9H2,1-2H3. The summed E-state index contributed by atoms with van der Waals surface area (Å²) in [6.45, 7) is 4.19. The van der Waals surface area contributed by atoms with Crippen LogP contribution < -0.4 is 5.56 Å². The first-order chi connectivity index (χ1) is 8.06. The Labute approximate surface area is 99.3 Å². The highest BCUT2D eigenvalue weighted by Crippen LogP contribution is 2.11. The third kappa shape index (κ3) is 2.61. The van der Waals surface area contributed by atoms with Gasteiger partial charge in [-0.1, -0.05) is 6.07 Å². The third-order valence-corrected chi connectivity index (χ3v) is 2.80. The molecule has 0 aliphatic rings. The molecule has 0 aliphatic carbocycles. The van der Waals surface area contributed by atoms with Gasteiger partial charge in [0.05, 0.1) is 6.54 Å². The summed E-state index contributed by atoms with van der Waals surface area (Å²) in [5, 5.41) is 0. The van der Waals surface area contributed by atoms with E-state index in [0.717, 1.165) is 16.7 Å². The monoisotopic (exact) mass is 231 g/mol. The van der Waals surface area contributed by atoms with Crippen molar-refractivity contribution >= 4 is 0 Å². The molecule has 2 aromatic rings. The van der Waals surface area contributed by atoms with E-state index in [-0.39, 0.29) is 11.4 Å². The van der Waals surface area contributed by atoms with Crippen molar-refractivity contribution < 1.29 is 4.39 Å². The molecule has 0 atom stereocenters. The first kappa shape index (κ1) is 11.6. The molecule has 0 unspecified atom stereocenters. The molecule has 17 heavy (non-hydrogen) atoms. The number of hydrogen-bond acceptors (Lipinski definition) is 1. The summed E-state index contributed by atoms with van der Waals surface area (Å²) < 4.78 is 14.7. The molecule has 0 aliphatic heterocycles. The van der Waals surface area contributed by atoms with Crippen molar-refractivity contribution in [1.29, 1.82) is 0 Å². The summed E-state index contributed by atoms with van der Waals surface area (Å²) in [4.78, 5) is 11.7. The summed E-state index contributed by atoms with van der Waals surface area (Å²) in [5.74, 6) is -0.272. The van der Waals surface area contributed by atoms with Gasteiger partial charge in [0.2, 0.25) is 0 Å². The van der Waals surface area contributed by atoms with E-state index >= 15 is 0 Å². The molecular weight excluding hydrogens is 217 g/mol. The largest absolute Gasteiger partial charge is 0.311 e. The van der Waals surface area contributed by atoms with Crippen LogP contribution >= 0.6 is 0 Å². The predicted molar refractivity (Wildman–Crippen MR) is 65.7 cm³/mol. The van der Waals surface area contributed by atoms with Crippen molar-refractivity contribution in [2.24, 2.45) is 0 Å². The molecule has 1 heterocycles. The fourth-order valence-electron chi connectivity index (χ4n) is 1.73. The number of rotatable bonds is 2. The molecule has 88 valence electrons. The zero-order valence-electron chi connectivity index (χ0n) is 9.90. The summed E-state index contributed by atoms with van der Waals surface area (Å²) in [7, 11) is 0. The maximum Gasteiger partial charge on any atom is 0.251 e. The van der Waals surface area contributed by atoms with Crippen LogP contribution in [0.4, 0.5) is 4.39 Å². The second-order valence-corrected chi connectivity index (χ2v) is 4.24. The SMILES string of the molecule is Cc1ccn(Cc2cc(F)ccc2C)c(=O)c1. The molecule has 0 N–H and O–H groups in total. The molecule has 0 amide bonds. The number of nitrogens with zero attached hydrogens (tertiary/aromatic N) is 1. The van der Waals surface area contributed by atoms with Gasteiger partial charge in [-0.05, 0) is 48.7 Å². The lowest BCUT2D eigenvalue weighted by molar-refractivity contribution is 0.621. The predicted octanol–water partition coefficient (Wildman–Crippen LogP) is 2.65. The zero-order chi connectivity index (χ0) is 12.4. The number of halogens is 1. The van der Waals surface area contributed by atoms with Crippen LogP contribution in [0, 0.1) is 19.7 Å². The van der Waals surface area contributed by atoms with Gasteiger partial charge in [-0.15, -0.1) is 0 Å². The number of pyridine rings is 1. The maximum atomic E-state index is 13.1. The molecule has 0 radical (unpaired) electrons. The highest BCUT2D eigenvalue weighted by Gasteiger charge is 2.03. The third-order valence-electron chi connectivity index (χ3n) is 2.80. The van der Waals surface area contributed by atoms with Gasteiger partial charge in [0.15, 0.2) is 0 Å². The summed E-state index contributed by atoms with van der Waals surface area (Å²) >= 11 is 0. The molecule has 0 fully saturated rings. The van der Waals surface area contributed by atoms with E-state index in [0.29, 0.717) is 6.54 Å². The maximum absolute atomic E-state index is 13.1. The topological polar surface area (TPSA) is 22.0 Å². The van der Waals surface area contributed by atoms with E-state index < -0.39 is 0 Å². The minimum absolute atomic E-state index is 0.0614. The van der Waals surface area contributed by atoms with E-state index in [1.54, 1.807) is 22.9 Å². The first-order valence-corrected chi connectivity index (χ1v) is 5.48. The van der Waals surface area contributed by atoms with Crippen molar-refractivity contribution in [3.63, 3.8) is 0 Å². The molecule has 3 heteroatoms. The lowest BCUT2D eigenvalue weighted by Gasteiger charge is -2.09. The van der Waals surface area contributed by atoms with Gasteiger partial charge >= 0.3 is 0 Å². The second-order valence-electron chi connectivity index (χ2n) is 4.24. The van der Waals surface area contributed by atoms with Gasteiger partial charge in [0, 0.05) is 12.3 Å². The number of aryl methyl sites for hydroxylation is 2. The van der Waals surface area contributed by atoms with E-state index in [1.165, 1.54) is 12.1 Å². The average molecular weight is 231 g/mol. The van der Waals surface area contributed by atoms with Gasteiger partial charge in [0.25, 0.3) is 5.56 Å². The van der Waals surface area contributed by atoms with Gasteiger partial charge < -0.3 is 4.57 Å². The van der Waals surface area contributed by atoms with Gasteiger partial charge in [-0.25, -0.2) is 4.39 Å². The molecule has 0 saturated carbocycles. The Bertz CT molecular complexity index is 601. The Balaban J connectivity index is 2.38. The normalized spacial score (nSPS) is 10.5. The number of hydrogen-bond donors (Lipinski definition) is 0. The highest BCUT2D eigenvalue weighted by atomic mass is 19.1. The molecule has 1 aromatic heterocycles. The second kappa shape index (κ2) is 4.53. The number of aromatic nitrogens is 1. The Kier molecular flexibility index (Phi) is 3.09. The lowest BCUT2D eigenvalue weighted by atomic mass is 10.1. The minimum atomic E-state index is -0.272. The molecular formula is C14H14FNO. The van der Waals surface area contributed by atoms with Crippen LogP contribution in [0.2, 0.25) is 0 Å². The van der Waals surface area contributed by atoms with Crippen molar-refractivity contribution in [3.05, 3.63) is 69.4 Å². The van der Waals surface area contributed by atoms with Gasteiger partial charge in [0.1, 0.15) is 5.82 Å². The Hall–Kier alpha value is -1.90. The fourth-order valence-corrected chi connectivity index (χ4v) is 1.73. The van der Waals surface area contributed by atoms with Gasteiger partial charge in [-0.3, -0.25) is 4.79 Å². The van der Waals surface area contributed by atoms with Crippen LogP contribution in [0.25, 0.3) is 0 Å². The van der Waals surface area contributed by atoms with Crippen LogP contribution in [0.1, 0.15) is 16.7 Å². The van der Waals surface area contributed by atoms with Crippen molar-refractivity contribution in [3.8, 4) is 0 Å². The van der Waals surface area contributed by atoms with Crippen LogP contribution in [0.15, 0.2) is 41.3 Å². The highest BCUT2D eigenvalue weighted by molar-refractivity contribution is 5.27. The Morgan fingerprint density at radius 2 is 1.94 bits per heavy atom. The molecule has 2 nitrogen and oxygen atoms in total. The smallest absolute Gasteiger partial charge is 0.251 e. The van der Waals surface area contributed by atoms with E-state index in [1.807, 2.05) is 19.9 Å². The molecule has 1 aromatic carbocycles. The van der Waals surface area contributed by atoms with Gasteiger partial charge in [-0.2, -0.15) is 0 Å². The van der Waals surface area contributed by atoms with Crippen LogP contribution in [-0.4, -0.2) is 4.57 Å². The van der Waals surface area contributed by atoms with Crippen LogP contribution in [0.3, 0.4) is 0 Å². The van der Waals surface area contributed by atoms with Crippen molar-refractivity contribution in [2.45, 2.75) is 20.4 Å². The van der Waals surface area contributed by atoms with Crippen molar-refractivity contribution in [1.82, 2.24) is 4.57 Å². The summed E-state index contributed by atoms with van der Waals surface area (Å²) in [6, 6.07) is 8.08. The fraction of sp³-hybridized carbons (Fsp3) is 0.214. The zero-order valence-corrected chi connectivity index (χ0v) is 9.90. The van der Waals surface area contributed by atoms with E-state index in [2.05, 4.69) is 0 Å². The summed E-state index contributed by atoms with van der Waals surface area (Å²) in [6.07, 6.45) is 1.74. The summed E-state index contributed by atoms with van der Waals surface area (Å²) in [5.41, 5.74) is 2.69. The van der Waals surface area contributed by atoms with Crippen LogP contribution in [-0.2, 0) is 6.54 Å².